The monoisotopic (exact) mass is 554 g/mol. The van der Waals surface area contributed by atoms with Crippen molar-refractivity contribution < 1.29 is 27.9 Å². The van der Waals surface area contributed by atoms with Gasteiger partial charge in [0.2, 0.25) is 0 Å². The van der Waals surface area contributed by atoms with E-state index in [9.17, 15) is 19.2 Å². The van der Waals surface area contributed by atoms with Crippen molar-refractivity contribution >= 4 is 55.5 Å². The number of carbonyl (C=O) groups is 2. The van der Waals surface area contributed by atoms with Gasteiger partial charge in [-0.15, -0.1) is 0 Å². The highest BCUT2D eigenvalue weighted by Gasteiger charge is 2.10. The Morgan fingerprint density at radius 2 is 1.11 bits per heavy atom. The maximum absolute atomic E-state index is 12.1. The zero-order valence-corrected chi connectivity index (χ0v) is 22.6. The van der Waals surface area contributed by atoms with Crippen LogP contribution in [0.4, 0.5) is 0 Å². The van der Waals surface area contributed by atoms with Crippen LogP contribution in [0.5, 0.6) is 11.5 Å². The lowest BCUT2D eigenvalue weighted by Gasteiger charge is -2.07. The molecule has 0 spiro atoms. The number of aryl methyl sites for hydroxylation is 2. The van der Waals surface area contributed by atoms with Gasteiger partial charge in [0.05, 0.1) is 0 Å². The number of esters is 2. The molecule has 0 amide bonds. The van der Waals surface area contributed by atoms with E-state index in [0.29, 0.717) is 35.5 Å². The molecular weight excluding hydrogens is 528 g/mol. The van der Waals surface area contributed by atoms with Crippen molar-refractivity contribution in [2.75, 3.05) is 11.5 Å². The van der Waals surface area contributed by atoms with Gasteiger partial charge in [0.1, 0.15) is 22.7 Å². The van der Waals surface area contributed by atoms with Gasteiger partial charge in [-0.1, -0.05) is 21.6 Å². The molecule has 0 aliphatic rings. The summed E-state index contributed by atoms with van der Waals surface area (Å²) in [5, 5.41) is 1.59. The fourth-order valence-corrected chi connectivity index (χ4v) is 5.95. The highest BCUT2D eigenvalue weighted by molar-refractivity contribution is 8.76. The van der Waals surface area contributed by atoms with Crippen LogP contribution >= 0.6 is 21.6 Å². The fraction of sp³-hybridized carbons (Fsp3) is 0.286. The third-order valence-electron chi connectivity index (χ3n) is 5.61. The third-order valence-corrected chi connectivity index (χ3v) is 8.19. The molecule has 2 heterocycles. The third kappa shape index (κ3) is 7.52. The molecule has 4 rings (SSSR count). The quantitative estimate of drug-likeness (QED) is 0.0722. The first-order valence-corrected chi connectivity index (χ1v) is 14.5. The van der Waals surface area contributed by atoms with E-state index in [0.717, 1.165) is 33.4 Å². The molecule has 0 unspecified atom stereocenters. The highest BCUT2D eigenvalue weighted by Crippen LogP contribution is 2.26. The van der Waals surface area contributed by atoms with Gasteiger partial charge >= 0.3 is 23.2 Å². The Morgan fingerprint density at radius 3 is 1.53 bits per heavy atom. The summed E-state index contributed by atoms with van der Waals surface area (Å²) in [4.78, 5) is 47.4. The Hall–Kier alpha value is -3.50. The van der Waals surface area contributed by atoms with Gasteiger partial charge < -0.3 is 18.3 Å². The molecule has 0 aliphatic heterocycles. The smallest absolute Gasteiger partial charge is 0.336 e. The van der Waals surface area contributed by atoms with E-state index in [2.05, 4.69) is 0 Å². The molecule has 2 aromatic heterocycles. The predicted molar refractivity (Wildman–Crippen MR) is 149 cm³/mol. The van der Waals surface area contributed by atoms with Crippen LogP contribution in [-0.2, 0) is 9.59 Å². The van der Waals surface area contributed by atoms with Crippen LogP contribution in [0, 0.1) is 13.8 Å². The molecule has 0 saturated heterocycles. The summed E-state index contributed by atoms with van der Waals surface area (Å²) in [7, 11) is 3.26. The Balaban J connectivity index is 1.10. The molecule has 0 fully saturated rings. The van der Waals surface area contributed by atoms with Crippen LogP contribution in [0.25, 0.3) is 21.9 Å². The molecule has 198 valence electrons. The maximum Gasteiger partial charge on any atom is 0.336 e. The van der Waals surface area contributed by atoms with Crippen molar-refractivity contribution in [1.82, 2.24) is 0 Å². The van der Waals surface area contributed by atoms with Crippen LogP contribution in [0.1, 0.15) is 36.8 Å². The number of hydrogen-bond acceptors (Lipinski definition) is 10. The average molecular weight is 555 g/mol. The zero-order valence-electron chi connectivity index (χ0n) is 20.9. The molecule has 0 bridgehead atoms. The fourth-order valence-electron chi connectivity index (χ4n) is 3.77. The number of hydrogen-bond donors (Lipinski definition) is 0. The first-order chi connectivity index (χ1) is 18.3. The Kier molecular flexibility index (Phi) is 9.30. The van der Waals surface area contributed by atoms with Crippen molar-refractivity contribution in [3.05, 3.63) is 80.5 Å². The largest absolute Gasteiger partial charge is 0.426 e. The van der Waals surface area contributed by atoms with Gasteiger partial charge in [0.15, 0.2) is 0 Å². The van der Waals surface area contributed by atoms with Gasteiger partial charge in [-0.25, -0.2) is 9.59 Å². The summed E-state index contributed by atoms with van der Waals surface area (Å²) in [5.74, 6) is 1.50. The van der Waals surface area contributed by atoms with E-state index in [1.807, 2.05) is 13.8 Å². The summed E-state index contributed by atoms with van der Waals surface area (Å²) in [6, 6.07) is 12.8. The molecule has 0 atom stereocenters. The van der Waals surface area contributed by atoms with Crippen LogP contribution in [0.3, 0.4) is 0 Å². The summed E-state index contributed by atoms with van der Waals surface area (Å²) in [6.07, 6.45) is 1.83. The molecule has 0 aliphatic carbocycles. The number of rotatable bonds is 11. The van der Waals surface area contributed by atoms with E-state index in [1.165, 1.54) is 12.1 Å². The molecule has 8 nitrogen and oxygen atoms in total. The number of carbonyl (C=O) groups excluding carboxylic acids is 2. The van der Waals surface area contributed by atoms with Crippen LogP contribution in [0.2, 0.25) is 0 Å². The number of fused-ring (bicyclic) bond motifs is 2. The minimum Gasteiger partial charge on any atom is -0.426 e. The normalized spacial score (nSPS) is 11.1. The predicted octanol–water partition coefficient (Wildman–Crippen LogP) is 5.97. The Bertz CT molecular complexity index is 1470. The van der Waals surface area contributed by atoms with Gasteiger partial charge in [0.25, 0.3) is 0 Å². The highest BCUT2D eigenvalue weighted by atomic mass is 33.1. The SMILES string of the molecule is Cc1cc(=O)oc2cc(OC(=O)CCCSSCCCC(=O)Oc3ccc4c(C)cc(=O)oc4c3)ccc12. The summed E-state index contributed by atoms with van der Waals surface area (Å²) >= 11 is 0. The summed E-state index contributed by atoms with van der Waals surface area (Å²) < 4.78 is 21.1. The van der Waals surface area contributed by atoms with E-state index in [4.69, 9.17) is 18.3 Å². The maximum atomic E-state index is 12.1. The van der Waals surface area contributed by atoms with E-state index >= 15 is 0 Å². The molecule has 0 radical (unpaired) electrons. The van der Waals surface area contributed by atoms with Gasteiger partial charge in [-0.05, 0) is 62.1 Å². The molecule has 0 N–H and O–H groups in total. The van der Waals surface area contributed by atoms with E-state index < -0.39 is 11.3 Å². The first-order valence-electron chi connectivity index (χ1n) is 12.0. The molecule has 10 heteroatoms. The molecular formula is C28H26O8S2. The second kappa shape index (κ2) is 12.8. The standard InChI is InChI=1S/C28H26O8S2/c1-17-13-27(31)35-23-15-19(7-9-21(17)23)33-25(29)5-3-11-37-38-12-4-6-26(30)34-20-8-10-22-18(2)14-28(32)36-24(22)16-20/h7-10,13-16H,3-6,11-12H2,1-2H3. The van der Waals surface area contributed by atoms with Gasteiger partial charge in [-0.3, -0.25) is 9.59 Å². The first kappa shape index (κ1) is 27.5. The Labute approximate surface area is 226 Å². The molecule has 2 aromatic carbocycles. The van der Waals surface area contributed by atoms with Crippen molar-refractivity contribution in [2.45, 2.75) is 39.5 Å². The second-order valence-electron chi connectivity index (χ2n) is 8.61. The van der Waals surface area contributed by atoms with Gasteiger partial charge in [0, 0.05) is 59.4 Å². The number of ether oxygens (including phenoxy) is 2. The summed E-state index contributed by atoms with van der Waals surface area (Å²) in [6.45, 7) is 3.64. The zero-order chi connectivity index (χ0) is 27.1. The minimum absolute atomic E-state index is 0.265. The molecule has 0 saturated carbocycles. The molecule has 4 aromatic rings. The van der Waals surface area contributed by atoms with Crippen LogP contribution < -0.4 is 20.7 Å². The van der Waals surface area contributed by atoms with Crippen LogP contribution in [0.15, 0.2) is 67.0 Å². The van der Waals surface area contributed by atoms with E-state index in [-0.39, 0.29) is 24.8 Å². The minimum atomic E-state index is -0.443. The lowest BCUT2D eigenvalue weighted by Crippen LogP contribution is -2.08. The lowest BCUT2D eigenvalue weighted by molar-refractivity contribution is -0.135. The second-order valence-corrected chi connectivity index (χ2v) is 11.3. The van der Waals surface area contributed by atoms with E-state index in [1.54, 1.807) is 58.0 Å². The average Bonchev–Trinajstić information content (AvgIpc) is 2.85. The lowest BCUT2D eigenvalue weighted by atomic mass is 10.1. The topological polar surface area (TPSA) is 113 Å². The molecule has 38 heavy (non-hydrogen) atoms. The van der Waals surface area contributed by atoms with Crippen molar-refractivity contribution in [2.24, 2.45) is 0 Å². The van der Waals surface area contributed by atoms with Crippen molar-refractivity contribution in [1.29, 1.82) is 0 Å². The van der Waals surface area contributed by atoms with Gasteiger partial charge in [-0.2, -0.15) is 0 Å². The number of benzene rings is 2. The van der Waals surface area contributed by atoms with Crippen molar-refractivity contribution in [3.8, 4) is 11.5 Å². The summed E-state index contributed by atoms with van der Waals surface area (Å²) in [5.41, 5.74) is 1.49. The van der Waals surface area contributed by atoms with Crippen LogP contribution in [-0.4, -0.2) is 23.4 Å². The van der Waals surface area contributed by atoms with Crippen molar-refractivity contribution in [3.63, 3.8) is 0 Å². The Morgan fingerprint density at radius 1 is 0.684 bits per heavy atom.